The molecule has 0 bridgehead atoms. The molecule has 0 unspecified atom stereocenters. The molecule has 0 aliphatic heterocycles. The first kappa shape index (κ1) is 10.2. The zero-order chi connectivity index (χ0) is 12.7. The van der Waals surface area contributed by atoms with E-state index in [2.05, 4.69) is 26.4 Å². The van der Waals surface area contributed by atoms with E-state index in [0.717, 1.165) is 27.4 Å². The van der Waals surface area contributed by atoms with Crippen LogP contribution in [0.25, 0.3) is 33.2 Å². The number of para-hydroxylation sites is 1. The van der Waals surface area contributed by atoms with Crippen LogP contribution < -0.4 is 0 Å². The summed E-state index contributed by atoms with van der Waals surface area (Å²) >= 11 is 0. The van der Waals surface area contributed by atoms with Crippen molar-refractivity contribution in [3.8, 4) is 11.4 Å². The fraction of sp³-hybridized carbons (Fsp3) is 0. The Morgan fingerprint density at radius 1 is 1.00 bits per heavy atom. The van der Waals surface area contributed by atoms with Crippen molar-refractivity contribution < 1.29 is 0 Å². The fourth-order valence-electron chi connectivity index (χ4n) is 2.20. The number of nitrogens with one attached hydrogen (secondary N) is 1. The van der Waals surface area contributed by atoms with Gasteiger partial charge in [0, 0.05) is 22.5 Å². The molecule has 2 aromatic heterocycles. The maximum Gasteiger partial charge on any atom is 0.160 e. The molecular weight excluding hydrogens is 236 g/mol. The number of rotatable bonds is 1. The molecule has 2 aromatic carbocycles. The van der Waals surface area contributed by atoms with E-state index in [9.17, 15) is 0 Å². The SMILES string of the molecule is [c]1n[nH]c2cccc(-c3ncc4ccccc4n3)c12. The van der Waals surface area contributed by atoms with E-state index >= 15 is 0 Å². The Morgan fingerprint density at radius 3 is 2.95 bits per heavy atom. The van der Waals surface area contributed by atoms with Gasteiger partial charge in [0.25, 0.3) is 0 Å². The van der Waals surface area contributed by atoms with Crippen LogP contribution in [0.3, 0.4) is 0 Å². The Labute approximate surface area is 109 Å². The average molecular weight is 245 g/mol. The van der Waals surface area contributed by atoms with Crippen LogP contribution in [0.4, 0.5) is 0 Å². The number of hydrogen-bond donors (Lipinski definition) is 1. The Kier molecular flexibility index (Phi) is 2.08. The van der Waals surface area contributed by atoms with E-state index in [0.29, 0.717) is 5.82 Å². The first-order valence-corrected chi connectivity index (χ1v) is 5.99. The van der Waals surface area contributed by atoms with Crippen molar-refractivity contribution in [3.05, 3.63) is 54.9 Å². The monoisotopic (exact) mass is 245 g/mol. The molecule has 4 rings (SSSR count). The van der Waals surface area contributed by atoms with Crippen molar-refractivity contribution >= 4 is 21.8 Å². The van der Waals surface area contributed by atoms with E-state index < -0.39 is 0 Å². The Hall–Kier alpha value is -2.75. The third-order valence-electron chi connectivity index (χ3n) is 3.14. The lowest BCUT2D eigenvalue weighted by atomic mass is 10.1. The van der Waals surface area contributed by atoms with Crippen LogP contribution >= 0.6 is 0 Å². The molecule has 19 heavy (non-hydrogen) atoms. The second kappa shape index (κ2) is 3.88. The van der Waals surface area contributed by atoms with Crippen LogP contribution in [0.15, 0.2) is 48.7 Å². The van der Waals surface area contributed by atoms with Crippen molar-refractivity contribution in [2.24, 2.45) is 0 Å². The summed E-state index contributed by atoms with van der Waals surface area (Å²) in [6, 6.07) is 13.9. The number of aromatic amines is 1. The summed E-state index contributed by atoms with van der Waals surface area (Å²) in [6.45, 7) is 0. The Morgan fingerprint density at radius 2 is 1.95 bits per heavy atom. The lowest BCUT2D eigenvalue weighted by Crippen LogP contribution is -1.90. The highest BCUT2D eigenvalue weighted by Gasteiger charge is 2.08. The Bertz CT molecular complexity index is 879. The predicted molar refractivity (Wildman–Crippen MR) is 73.5 cm³/mol. The normalized spacial score (nSPS) is 11.2. The molecule has 0 spiro atoms. The van der Waals surface area contributed by atoms with Gasteiger partial charge in [-0.3, -0.25) is 5.10 Å². The van der Waals surface area contributed by atoms with Gasteiger partial charge in [0.15, 0.2) is 5.82 Å². The van der Waals surface area contributed by atoms with E-state index in [1.54, 1.807) is 0 Å². The average Bonchev–Trinajstić information content (AvgIpc) is 2.95. The predicted octanol–water partition coefficient (Wildman–Crippen LogP) is 2.97. The van der Waals surface area contributed by atoms with E-state index in [1.807, 2.05) is 48.7 Å². The number of nitrogens with zero attached hydrogens (tertiary/aromatic N) is 3. The minimum Gasteiger partial charge on any atom is -0.277 e. The van der Waals surface area contributed by atoms with Gasteiger partial charge >= 0.3 is 0 Å². The second-order valence-corrected chi connectivity index (χ2v) is 4.32. The molecule has 4 nitrogen and oxygen atoms in total. The van der Waals surface area contributed by atoms with Crippen LogP contribution in [0.1, 0.15) is 0 Å². The van der Waals surface area contributed by atoms with Gasteiger partial charge < -0.3 is 0 Å². The van der Waals surface area contributed by atoms with Crippen LogP contribution in [0, 0.1) is 6.20 Å². The van der Waals surface area contributed by atoms with Gasteiger partial charge in [-0.2, -0.15) is 5.10 Å². The van der Waals surface area contributed by atoms with Crippen molar-refractivity contribution in [2.75, 3.05) is 0 Å². The standard InChI is InChI=1S/C15H9N4/c1-2-6-13-10(4-1)8-16-15(18-13)11-5-3-7-14-12(11)9-17-19-14/h1-8H,(H,17,19). The topological polar surface area (TPSA) is 54.5 Å². The summed E-state index contributed by atoms with van der Waals surface area (Å²) in [5.41, 5.74) is 2.82. The highest BCUT2D eigenvalue weighted by atomic mass is 15.1. The summed E-state index contributed by atoms with van der Waals surface area (Å²) in [4.78, 5) is 9.04. The minimum atomic E-state index is 0.696. The van der Waals surface area contributed by atoms with Gasteiger partial charge in [-0.05, 0) is 12.1 Å². The molecule has 4 heteroatoms. The summed E-state index contributed by atoms with van der Waals surface area (Å²) in [7, 11) is 0. The molecule has 1 N–H and O–H groups in total. The van der Waals surface area contributed by atoms with Gasteiger partial charge in [0.1, 0.15) is 6.20 Å². The quantitative estimate of drug-likeness (QED) is 0.561. The number of H-pyrrole nitrogens is 1. The van der Waals surface area contributed by atoms with Crippen molar-refractivity contribution in [2.45, 2.75) is 0 Å². The number of benzene rings is 2. The summed E-state index contributed by atoms with van der Waals surface area (Å²) in [5, 5.41) is 8.80. The first-order chi connectivity index (χ1) is 9.42. The van der Waals surface area contributed by atoms with Crippen molar-refractivity contribution in [1.29, 1.82) is 0 Å². The molecule has 89 valence electrons. The Balaban J connectivity index is 2.01. The summed E-state index contributed by atoms with van der Waals surface area (Å²) < 4.78 is 0. The minimum absolute atomic E-state index is 0.696. The molecule has 0 amide bonds. The molecule has 2 heterocycles. The molecule has 0 saturated carbocycles. The summed E-state index contributed by atoms with van der Waals surface area (Å²) in [6.07, 6.45) is 4.79. The number of fused-ring (bicyclic) bond motifs is 2. The molecule has 0 fully saturated rings. The lowest BCUT2D eigenvalue weighted by molar-refractivity contribution is 1.11. The zero-order valence-electron chi connectivity index (χ0n) is 9.96. The smallest absolute Gasteiger partial charge is 0.160 e. The summed E-state index contributed by atoms with van der Waals surface area (Å²) in [5.74, 6) is 0.696. The number of aromatic nitrogens is 4. The second-order valence-electron chi connectivity index (χ2n) is 4.32. The highest BCUT2D eigenvalue weighted by molar-refractivity contribution is 5.93. The van der Waals surface area contributed by atoms with Crippen LogP contribution in [0.2, 0.25) is 0 Å². The molecule has 0 saturated heterocycles. The number of hydrogen-bond acceptors (Lipinski definition) is 3. The largest absolute Gasteiger partial charge is 0.277 e. The van der Waals surface area contributed by atoms with Gasteiger partial charge in [-0.25, -0.2) is 9.97 Å². The van der Waals surface area contributed by atoms with Gasteiger partial charge in [0.05, 0.1) is 11.0 Å². The molecule has 0 aliphatic rings. The fourth-order valence-corrected chi connectivity index (χ4v) is 2.20. The van der Waals surface area contributed by atoms with Crippen molar-refractivity contribution in [3.63, 3.8) is 0 Å². The third kappa shape index (κ3) is 1.57. The van der Waals surface area contributed by atoms with Crippen LogP contribution in [-0.4, -0.2) is 20.2 Å². The third-order valence-corrected chi connectivity index (χ3v) is 3.14. The van der Waals surface area contributed by atoms with E-state index in [1.165, 1.54) is 0 Å². The van der Waals surface area contributed by atoms with E-state index in [-0.39, 0.29) is 0 Å². The maximum atomic E-state index is 4.60. The highest BCUT2D eigenvalue weighted by Crippen LogP contribution is 2.25. The molecule has 4 aromatic rings. The van der Waals surface area contributed by atoms with Crippen LogP contribution in [-0.2, 0) is 0 Å². The van der Waals surface area contributed by atoms with Gasteiger partial charge in [-0.15, -0.1) is 0 Å². The molecule has 0 aliphatic carbocycles. The lowest BCUT2D eigenvalue weighted by Gasteiger charge is -2.03. The first-order valence-electron chi connectivity index (χ1n) is 5.99. The van der Waals surface area contributed by atoms with Crippen molar-refractivity contribution in [1.82, 2.24) is 20.2 Å². The zero-order valence-corrected chi connectivity index (χ0v) is 9.96. The molecule has 1 radical (unpaired) electrons. The maximum absolute atomic E-state index is 4.60. The van der Waals surface area contributed by atoms with Crippen LogP contribution in [0.5, 0.6) is 0 Å². The van der Waals surface area contributed by atoms with E-state index in [4.69, 9.17) is 0 Å². The van der Waals surface area contributed by atoms with Gasteiger partial charge in [-0.1, -0.05) is 30.3 Å². The molecule has 0 atom stereocenters. The molecular formula is C15H9N4. The van der Waals surface area contributed by atoms with Gasteiger partial charge in [0.2, 0.25) is 0 Å².